The van der Waals surface area contributed by atoms with Crippen LogP contribution in [0.3, 0.4) is 0 Å². The van der Waals surface area contributed by atoms with Crippen molar-refractivity contribution < 1.29 is 13.9 Å². The smallest absolute Gasteiger partial charge is 0.342 e. The van der Waals surface area contributed by atoms with Crippen LogP contribution in [0.4, 0.5) is 0 Å². The Morgan fingerprint density at radius 1 is 1.47 bits per heavy atom. The molecule has 0 aliphatic rings. The molecule has 4 heteroatoms. The molecule has 0 unspecified atom stereocenters. The molecule has 78 valence electrons. The van der Waals surface area contributed by atoms with E-state index in [1.807, 2.05) is 18.2 Å². The Morgan fingerprint density at radius 3 is 2.87 bits per heavy atom. The monoisotopic (exact) mass is 268 g/mol. The second-order valence-electron chi connectivity index (χ2n) is 3.17. The zero-order valence-corrected chi connectivity index (χ0v) is 9.92. The third-order valence-electron chi connectivity index (χ3n) is 2.22. The van der Waals surface area contributed by atoms with Crippen LogP contribution in [-0.4, -0.2) is 13.1 Å². The Balaban J connectivity index is 2.76. The Morgan fingerprint density at radius 2 is 2.20 bits per heavy atom. The summed E-state index contributed by atoms with van der Waals surface area (Å²) >= 11 is 3.35. The van der Waals surface area contributed by atoms with Crippen LogP contribution in [0.2, 0.25) is 0 Å². The number of hydrogen-bond acceptors (Lipinski definition) is 3. The molecule has 0 atom stereocenters. The summed E-state index contributed by atoms with van der Waals surface area (Å²) in [6.07, 6.45) is 0. The van der Waals surface area contributed by atoms with Gasteiger partial charge >= 0.3 is 5.97 Å². The second-order valence-corrected chi connectivity index (χ2v) is 4.08. The molecule has 0 aliphatic carbocycles. The molecule has 15 heavy (non-hydrogen) atoms. The molecule has 2 aromatic rings. The minimum atomic E-state index is -0.371. The molecule has 0 N–H and O–H groups in total. The lowest BCUT2D eigenvalue weighted by atomic mass is 10.1. The van der Waals surface area contributed by atoms with Gasteiger partial charge in [-0.05, 0) is 25.1 Å². The number of rotatable bonds is 1. The van der Waals surface area contributed by atoms with Gasteiger partial charge in [0.05, 0.1) is 7.11 Å². The fraction of sp³-hybridized carbons (Fsp3) is 0.182. The van der Waals surface area contributed by atoms with E-state index in [1.54, 1.807) is 6.92 Å². The molecule has 0 saturated heterocycles. The van der Waals surface area contributed by atoms with E-state index in [1.165, 1.54) is 7.11 Å². The van der Waals surface area contributed by atoms with Gasteiger partial charge in [-0.2, -0.15) is 0 Å². The number of carbonyl (C=O) groups excluding carboxylic acids is 1. The second kappa shape index (κ2) is 3.70. The number of methoxy groups -OCH3 is 1. The van der Waals surface area contributed by atoms with Crippen molar-refractivity contribution in [3.63, 3.8) is 0 Å². The Bertz CT molecular complexity index is 528. The fourth-order valence-corrected chi connectivity index (χ4v) is 1.91. The van der Waals surface area contributed by atoms with Crippen LogP contribution in [-0.2, 0) is 4.74 Å². The maximum atomic E-state index is 11.5. The van der Waals surface area contributed by atoms with Crippen molar-refractivity contribution in [1.29, 1.82) is 0 Å². The van der Waals surface area contributed by atoms with Gasteiger partial charge in [-0.1, -0.05) is 15.9 Å². The molecule has 0 amide bonds. The van der Waals surface area contributed by atoms with Crippen LogP contribution < -0.4 is 0 Å². The van der Waals surface area contributed by atoms with E-state index in [-0.39, 0.29) is 5.97 Å². The van der Waals surface area contributed by atoms with Gasteiger partial charge in [-0.3, -0.25) is 0 Å². The predicted octanol–water partition coefficient (Wildman–Crippen LogP) is 3.29. The molecule has 0 fully saturated rings. The normalized spacial score (nSPS) is 10.6. The number of esters is 1. The first kappa shape index (κ1) is 10.2. The molecule has 0 bridgehead atoms. The van der Waals surface area contributed by atoms with Gasteiger partial charge in [0, 0.05) is 9.86 Å². The summed E-state index contributed by atoms with van der Waals surface area (Å²) in [4.78, 5) is 11.5. The molecular weight excluding hydrogens is 260 g/mol. The van der Waals surface area contributed by atoms with Gasteiger partial charge in [0.15, 0.2) is 0 Å². The van der Waals surface area contributed by atoms with Gasteiger partial charge in [-0.25, -0.2) is 4.79 Å². The Kier molecular flexibility index (Phi) is 2.52. The lowest BCUT2D eigenvalue weighted by Gasteiger charge is -1.97. The number of fused-ring (bicyclic) bond motifs is 1. The SMILES string of the molecule is COC(=O)c1c(C)oc2ccc(Br)cc12. The molecule has 3 nitrogen and oxygen atoms in total. The van der Waals surface area contributed by atoms with Crippen molar-refractivity contribution in [2.45, 2.75) is 6.92 Å². The van der Waals surface area contributed by atoms with Gasteiger partial charge in [0.2, 0.25) is 0 Å². The first-order chi connectivity index (χ1) is 7.13. The highest BCUT2D eigenvalue weighted by atomic mass is 79.9. The maximum absolute atomic E-state index is 11.5. The van der Waals surface area contributed by atoms with Crippen LogP contribution in [0.1, 0.15) is 16.1 Å². The largest absolute Gasteiger partial charge is 0.465 e. The number of hydrogen-bond donors (Lipinski definition) is 0. The van der Waals surface area contributed by atoms with Crippen molar-refractivity contribution in [2.75, 3.05) is 7.11 Å². The van der Waals surface area contributed by atoms with E-state index in [2.05, 4.69) is 15.9 Å². The van der Waals surface area contributed by atoms with Crippen molar-refractivity contribution in [3.8, 4) is 0 Å². The molecule has 1 aromatic carbocycles. The number of aryl methyl sites for hydroxylation is 1. The molecule has 0 saturated carbocycles. The topological polar surface area (TPSA) is 39.4 Å². The third-order valence-corrected chi connectivity index (χ3v) is 2.71. The van der Waals surface area contributed by atoms with E-state index >= 15 is 0 Å². The summed E-state index contributed by atoms with van der Waals surface area (Å²) in [6, 6.07) is 5.53. The number of halogens is 1. The predicted molar refractivity (Wildman–Crippen MR) is 60.0 cm³/mol. The zero-order valence-electron chi connectivity index (χ0n) is 8.33. The molecular formula is C11H9BrO3. The quantitative estimate of drug-likeness (QED) is 0.746. The minimum absolute atomic E-state index is 0.371. The summed E-state index contributed by atoms with van der Waals surface area (Å²) in [5, 5.41) is 0.772. The van der Waals surface area contributed by atoms with E-state index in [9.17, 15) is 4.79 Å². The molecule has 1 heterocycles. The average molecular weight is 269 g/mol. The van der Waals surface area contributed by atoms with Gasteiger partial charge in [0.1, 0.15) is 16.9 Å². The zero-order chi connectivity index (χ0) is 11.0. The van der Waals surface area contributed by atoms with Gasteiger partial charge < -0.3 is 9.15 Å². The molecule has 0 aliphatic heterocycles. The van der Waals surface area contributed by atoms with Crippen molar-refractivity contribution in [1.82, 2.24) is 0 Å². The number of ether oxygens (including phenoxy) is 1. The highest BCUT2D eigenvalue weighted by molar-refractivity contribution is 9.10. The standard InChI is InChI=1S/C11H9BrO3/c1-6-10(11(13)14-2)8-5-7(12)3-4-9(8)15-6/h3-5H,1-2H3. The van der Waals surface area contributed by atoms with Gasteiger partial charge in [-0.15, -0.1) is 0 Å². The first-order valence-electron chi connectivity index (χ1n) is 4.40. The minimum Gasteiger partial charge on any atom is -0.465 e. The van der Waals surface area contributed by atoms with Crippen LogP contribution in [0.15, 0.2) is 27.1 Å². The number of benzene rings is 1. The highest BCUT2D eigenvalue weighted by Gasteiger charge is 2.18. The fourth-order valence-electron chi connectivity index (χ4n) is 1.55. The van der Waals surface area contributed by atoms with E-state index in [4.69, 9.17) is 9.15 Å². The van der Waals surface area contributed by atoms with E-state index in [0.717, 1.165) is 9.86 Å². The van der Waals surface area contributed by atoms with Crippen molar-refractivity contribution in [3.05, 3.63) is 34.0 Å². The van der Waals surface area contributed by atoms with Crippen LogP contribution >= 0.6 is 15.9 Å². The summed E-state index contributed by atoms with van der Waals surface area (Å²) in [6.45, 7) is 1.75. The van der Waals surface area contributed by atoms with Gasteiger partial charge in [0.25, 0.3) is 0 Å². The van der Waals surface area contributed by atoms with Crippen molar-refractivity contribution in [2.24, 2.45) is 0 Å². The van der Waals surface area contributed by atoms with Crippen molar-refractivity contribution >= 4 is 32.9 Å². The van der Waals surface area contributed by atoms with Crippen LogP contribution in [0.25, 0.3) is 11.0 Å². The summed E-state index contributed by atoms with van der Waals surface area (Å²) in [7, 11) is 1.36. The summed E-state index contributed by atoms with van der Waals surface area (Å²) in [5.41, 5.74) is 1.19. The molecule has 2 rings (SSSR count). The summed E-state index contributed by atoms with van der Waals surface area (Å²) < 4.78 is 11.1. The van der Waals surface area contributed by atoms with E-state index in [0.29, 0.717) is 16.9 Å². The van der Waals surface area contributed by atoms with E-state index < -0.39 is 0 Å². The molecule has 1 aromatic heterocycles. The van der Waals surface area contributed by atoms with Crippen LogP contribution in [0.5, 0.6) is 0 Å². The lowest BCUT2D eigenvalue weighted by molar-refractivity contribution is 0.0601. The van der Waals surface area contributed by atoms with Crippen LogP contribution in [0, 0.1) is 6.92 Å². The average Bonchev–Trinajstić information content (AvgIpc) is 2.52. The molecule has 0 spiro atoms. The number of furan rings is 1. The Hall–Kier alpha value is -1.29. The number of carbonyl (C=O) groups is 1. The maximum Gasteiger partial charge on any atom is 0.342 e. The lowest BCUT2D eigenvalue weighted by Crippen LogP contribution is -2.01. The Labute approximate surface area is 95.1 Å². The first-order valence-corrected chi connectivity index (χ1v) is 5.19. The molecule has 0 radical (unpaired) electrons. The summed E-state index contributed by atoms with van der Waals surface area (Å²) in [5.74, 6) is 0.208. The third kappa shape index (κ3) is 1.65. The highest BCUT2D eigenvalue weighted by Crippen LogP contribution is 2.28.